The number of imidazole rings is 1. The molecule has 3 aromatic rings. The molecular formula is C22H25N3O2. The fourth-order valence-corrected chi connectivity index (χ4v) is 4.47. The Morgan fingerprint density at radius 1 is 1.07 bits per heavy atom. The number of benzene rings is 2. The molecule has 2 aliphatic rings. The minimum absolute atomic E-state index is 0.0827. The summed E-state index contributed by atoms with van der Waals surface area (Å²) in [6.07, 6.45) is 2.47. The third-order valence-corrected chi connectivity index (χ3v) is 5.65. The van der Waals surface area contributed by atoms with Gasteiger partial charge in [0.25, 0.3) is 0 Å². The average Bonchev–Trinajstić information content (AvgIpc) is 3.04. The minimum atomic E-state index is 0.0827. The summed E-state index contributed by atoms with van der Waals surface area (Å²) >= 11 is 0. The van der Waals surface area contributed by atoms with E-state index in [4.69, 9.17) is 14.5 Å². The summed E-state index contributed by atoms with van der Waals surface area (Å²) < 4.78 is 14.5. The molecule has 5 nitrogen and oxygen atoms in total. The van der Waals surface area contributed by atoms with Crippen LogP contribution in [0, 0.1) is 6.92 Å². The second kappa shape index (κ2) is 6.89. The van der Waals surface area contributed by atoms with E-state index in [0.717, 1.165) is 42.5 Å². The standard InChI is InChI=1S/C22H25N3O2/c1-16-23-19-8-2-3-9-20(19)25(16)17-7-6-12-24(13-17)14-18-15-26-21-10-4-5-11-22(21)27-18/h2-5,8-11,17-18H,6-7,12-15H2,1H3/t17-,18-/m0/s1. The quantitative estimate of drug-likeness (QED) is 0.709. The van der Waals surface area contributed by atoms with Gasteiger partial charge in [-0.15, -0.1) is 0 Å². The number of nitrogens with zero attached hydrogens (tertiary/aromatic N) is 3. The maximum atomic E-state index is 6.17. The lowest BCUT2D eigenvalue weighted by Gasteiger charge is -2.37. The van der Waals surface area contributed by atoms with Crippen LogP contribution in [0.2, 0.25) is 0 Å². The van der Waals surface area contributed by atoms with E-state index in [1.165, 1.54) is 18.4 Å². The first-order valence-corrected chi connectivity index (χ1v) is 9.82. The van der Waals surface area contributed by atoms with Crippen molar-refractivity contribution >= 4 is 11.0 Å². The van der Waals surface area contributed by atoms with Crippen molar-refractivity contribution in [3.8, 4) is 11.5 Å². The number of hydrogen-bond acceptors (Lipinski definition) is 4. The molecule has 1 fully saturated rings. The van der Waals surface area contributed by atoms with Crippen LogP contribution in [0.15, 0.2) is 48.5 Å². The Morgan fingerprint density at radius 3 is 2.81 bits per heavy atom. The number of rotatable bonds is 3. The highest BCUT2D eigenvalue weighted by molar-refractivity contribution is 5.76. The van der Waals surface area contributed by atoms with Gasteiger partial charge in [-0.25, -0.2) is 4.98 Å². The highest BCUT2D eigenvalue weighted by atomic mass is 16.6. The van der Waals surface area contributed by atoms with Crippen LogP contribution in [0.4, 0.5) is 0 Å². The summed E-state index contributed by atoms with van der Waals surface area (Å²) in [6, 6.07) is 16.8. The first kappa shape index (κ1) is 16.6. The van der Waals surface area contributed by atoms with E-state index < -0.39 is 0 Å². The number of hydrogen-bond donors (Lipinski definition) is 0. The zero-order chi connectivity index (χ0) is 18.2. The number of piperidine rings is 1. The third kappa shape index (κ3) is 3.16. The molecule has 0 N–H and O–H groups in total. The molecule has 0 saturated carbocycles. The van der Waals surface area contributed by atoms with Gasteiger partial charge in [-0.05, 0) is 50.6 Å². The lowest BCUT2D eigenvalue weighted by molar-refractivity contribution is 0.0462. The molecule has 0 bridgehead atoms. The van der Waals surface area contributed by atoms with Gasteiger partial charge in [-0.2, -0.15) is 0 Å². The molecule has 0 amide bonds. The highest BCUT2D eigenvalue weighted by Crippen LogP contribution is 2.32. The van der Waals surface area contributed by atoms with Crippen molar-refractivity contribution in [2.75, 3.05) is 26.2 Å². The predicted octanol–water partition coefficient (Wildman–Crippen LogP) is 3.82. The van der Waals surface area contributed by atoms with Crippen molar-refractivity contribution in [2.24, 2.45) is 0 Å². The van der Waals surface area contributed by atoms with E-state index >= 15 is 0 Å². The van der Waals surface area contributed by atoms with E-state index in [1.54, 1.807) is 0 Å². The normalized spacial score (nSPS) is 22.9. The third-order valence-electron chi connectivity index (χ3n) is 5.65. The molecule has 0 unspecified atom stereocenters. The molecule has 140 valence electrons. The molecule has 5 heteroatoms. The van der Waals surface area contributed by atoms with Crippen molar-refractivity contribution in [2.45, 2.75) is 31.9 Å². The topological polar surface area (TPSA) is 39.5 Å². The molecule has 2 aromatic carbocycles. The summed E-state index contributed by atoms with van der Waals surface area (Å²) in [4.78, 5) is 7.27. The number of aromatic nitrogens is 2. The zero-order valence-corrected chi connectivity index (χ0v) is 15.7. The summed E-state index contributed by atoms with van der Waals surface area (Å²) in [5.41, 5.74) is 2.33. The summed E-state index contributed by atoms with van der Waals surface area (Å²) in [5.74, 6) is 2.82. The molecule has 1 saturated heterocycles. The summed E-state index contributed by atoms with van der Waals surface area (Å²) in [7, 11) is 0. The smallest absolute Gasteiger partial charge is 0.161 e. The molecule has 1 aromatic heterocycles. The molecule has 0 aliphatic carbocycles. The molecule has 27 heavy (non-hydrogen) atoms. The van der Waals surface area contributed by atoms with Crippen molar-refractivity contribution in [1.82, 2.24) is 14.5 Å². The van der Waals surface area contributed by atoms with E-state index in [1.807, 2.05) is 24.3 Å². The van der Waals surface area contributed by atoms with Gasteiger partial charge < -0.3 is 14.0 Å². The molecule has 0 spiro atoms. The maximum Gasteiger partial charge on any atom is 0.161 e. The number of likely N-dealkylation sites (tertiary alicyclic amines) is 1. The van der Waals surface area contributed by atoms with Crippen LogP contribution in [0.1, 0.15) is 24.7 Å². The van der Waals surface area contributed by atoms with Crippen LogP contribution >= 0.6 is 0 Å². The average molecular weight is 363 g/mol. The molecule has 3 heterocycles. The number of ether oxygens (including phenoxy) is 2. The fourth-order valence-electron chi connectivity index (χ4n) is 4.47. The molecule has 2 aliphatic heterocycles. The Balaban J connectivity index is 1.31. The molecule has 0 radical (unpaired) electrons. The van der Waals surface area contributed by atoms with Crippen molar-refractivity contribution in [1.29, 1.82) is 0 Å². The maximum absolute atomic E-state index is 6.17. The Morgan fingerprint density at radius 2 is 1.89 bits per heavy atom. The van der Waals surface area contributed by atoms with Crippen molar-refractivity contribution < 1.29 is 9.47 Å². The van der Waals surface area contributed by atoms with Crippen LogP contribution in [0.25, 0.3) is 11.0 Å². The van der Waals surface area contributed by atoms with Gasteiger partial charge in [-0.1, -0.05) is 24.3 Å². The van der Waals surface area contributed by atoms with Gasteiger partial charge >= 0.3 is 0 Å². The highest BCUT2D eigenvalue weighted by Gasteiger charge is 2.28. The number of aryl methyl sites for hydroxylation is 1. The minimum Gasteiger partial charge on any atom is -0.486 e. The van der Waals surface area contributed by atoms with Gasteiger partial charge in [-0.3, -0.25) is 4.90 Å². The van der Waals surface area contributed by atoms with Gasteiger partial charge in [0.1, 0.15) is 18.5 Å². The monoisotopic (exact) mass is 363 g/mol. The van der Waals surface area contributed by atoms with E-state index in [-0.39, 0.29) is 6.10 Å². The zero-order valence-electron chi connectivity index (χ0n) is 15.7. The van der Waals surface area contributed by atoms with Crippen LogP contribution < -0.4 is 9.47 Å². The van der Waals surface area contributed by atoms with E-state index in [2.05, 4.69) is 40.7 Å². The summed E-state index contributed by atoms with van der Waals surface area (Å²) in [6.45, 7) is 5.78. The Hall–Kier alpha value is -2.53. The van der Waals surface area contributed by atoms with Crippen LogP contribution in [0.5, 0.6) is 11.5 Å². The Labute approximate surface area is 159 Å². The van der Waals surface area contributed by atoms with Gasteiger partial charge in [0.05, 0.1) is 11.0 Å². The van der Waals surface area contributed by atoms with E-state index in [9.17, 15) is 0 Å². The Kier molecular flexibility index (Phi) is 4.24. The molecule has 2 atom stereocenters. The lowest BCUT2D eigenvalue weighted by Crippen LogP contribution is -2.45. The molecule has 5 rings (SSSR count). The van der Waals surface area contributed by atoms with Gasteiger partial charge in [0.2, 0.25) is 0 Å². The van der Waals surface area contributed by atoms with Crippen LogP contribution in [0.3, 0.4) is 0 Å². The number of para-hydroxylation sites is 4. The largest absolute Gasteiger partial charge is 0.486 e. The number of fused-ring (bicyclic) bond motifs is 2. The van der Waals surface area contributed by atoms with Crippen LogP contribution in [-0.2, 0) is 0 Å². The lowest BCUT2D eigenvalue weighted by atomic mass is 10.0. The van der Waals surface area contributed by atoms with Crippen LogP contribution in [-0.4, -0.2) is 46.8 Å². The van der Waals surface area contributed by atoms with Crippen molar-refractivity contribution in [3.05, 3.63) is 54.4 Å². The van der Waals surface area contributed by atoms with Gasteiger partial charge in [0, 0.05) is 19.1 Å². The first-order valence-electron chi connectivity index (χ1n) is 9.82. The molecular weight excluding hydrogens is 338 g/mol. The second-order valence-electron chi connectivity index (χ2n) is 7.57. The van der Waals surface area contributed by atoms with Crippen molar-refractivity contribution in [3.63, 3.8) is 0 Å². The predicted molar refractivity (Wildman–Crippen MR) is 106 cm³/mol. The SMILES string of the molecule is Cc1nc2ccccc2n1[C@H]1CCCN(C[C@H]2COc3ccccc3O2)C1. The fraction of sp³-hybridized carbons (Fsp3) is 0.409. The van der Waals surface area contributed by atoms with Gasteiger partial charge in [0.15, 0.2) is 11.5 Å². The first-order chi connectivity index (χ1) is 13.3. The summed E-state index contributed by atoms with van der Waals surface area (Å²) in [5, 5.41) is 0. The Bertz CT molecular complexity index is 952. The van der Waals surface area contributed by atoms with E-state index in [0.29, 0.717) is 12.6 Å². The second-order valence-corrected chi connectivity index (χ2v) is 7.57.